The van der Waals surface area contributed by atoms with E-state index in [1.165, 1.54) is 25.7 Å². The van der Waals surface area contributed by atoms with Crippen LogP contribution in [0.3, 0.4) is 0 Å². The van der Waals surface area contributed by atoms with Crippen LogP contribution in [0.5, 0.6) is 0 Å². The molecule has 1 aliphatic rings. The second kappa shape index (κ2) is 5.26. The highest BCUT2D eigenvalue weighted by atomic mass is 32.1. The van der Waals surface area contributed by atoms with E-state index in [0.29, 0.717) is 17.3 Å². The smallest absolute Gasteiger partial charge is 0.00693 e. The summed E-state index contributed by atoms with van der Waals surface area (Å²) in [5.74, 6) is 0.880. The van der Waals surface area contributed by atoms with Crippen molar-refractivity contribution in [2.45, 2.75) is 63.8 Å². The molecule has 1 atom stereocenters. The number of nitrogens with one attached hydrogen (secondary N) is 1. The van der Waals surface area contributed by atoms with Crippen molar-refractivity contribution in [2.75, 3.05) is 0 Å². The Balaban J connectivity index is 2.27. The summed E-state index contributed by atoms with van der Waals surface area (Å²) < 4.78 is 0. The van der Waals surface area contributed by atoms with Crippen LogP contribution in [0.15, 0.2) is 0 Å². The zero-order chi connectivity index (χ0) is 9.84. The van der Waals surface area contributed by atoms with Gasteiger partial charge in [-0.25, -0.2) is 0 Å². The molecule has 0 aromatic heterocycles. The Morgan fingerprint density at radius 2 is 1.62 bits per heavy atom. The van der Waals surface area contributed by atoms with Gasteiger partial charge in [-0.1, -0.05) is 13.8 Å². The fraction of sp³-hybridized carbons (Fsp3) is 1.00. The van der Waals surface area contributed by atoms with Crippen molar-refractivity contribution in [3.63, 3.8) is 0 Å². The van der Waals surface area contributed by atoms with Gasteiger partial charge in [-0.3, -0.25) is 0 Å². The van der Waals surface area contributed by atoms with E-state index >= 15 is 0 Å². The zero-order valence-electron chi connectivity index (χ0n) is 9.09. The minimum atomic E-state index is 0.615. The predicted octanol–water partition coefficient (Wildman–Crippen LogP) is 2.86. The topological polar surface area (TPSA) is 12.0 Å². The zero-order valence-corrected chi connectivity index (χ0v) is 9.98. The molecular weight excluding hydrogens is 178 g/mol. The van der Waals surface area contributed by atoms with E-state index < -0.39 is 0 Å². The molecule has 0 amide bonds. The Bertz CT molecular complexity index is 139. The van der Waals surface area contributed by atoms with Gasteiger partial charge < -0.3 is 5.32 Å². The first-order valence-corrected chi connectivity index (χ1v) is 6.05. The number of thiol groups is 1. The van der Waals surface area contributed by atoms with E-state index in [9.17, 15) is 0 Å². The van der Waals surface area contributed by atoms with Crippen LogP contribution in [0.2, 0.25) is 0 Å². The van der Waals surface area contributed by atoms with Crippen LogP contribution in [-0.2, 0) is 0 Å². The summed E-state index contributed by atoms with van der Waals surface area (Å²) in [7, 11) is 0. The molecule has 1 saturated carbocycles. The van der Waals surface area contributed by atoms with Crippen LogP contribution in [0.1, 0.15) is 46.5 Å². The summed E-state index contributed by atoms with van der Waals surface area (Å²) in [4.78, 5) is 0. The van der Waals surface area contributed by atoms with E-state index in [1.54, 1.807) is 0 Å². The highest BCUT2D eigenvalue weighted by molar-refractivity contribution is 7.80. The minimum Gasteiger partial charge on any atom is -0.312 e. The largest absolute Gasteiger partial charge is 0.312 e. The third-order valence-corrected chi connectivity index (χ3v) is 3.56. The molecule has 0 aromatic rings. The third kappa shape index (κ3) is 3.90. The molecule has 2 heteroatoms. The quantitative estimate of drug-likeness (QED) is 0.669. The molecule has 1 unspecified atom stereocenters. The van der Waals surface area contributed by atoms with Crippen LogP contribution in [0.4, 0.5) is 0 Å². The number of rotatable bonds is 3. The Kier molecular flexibility index (Phi) is 4.60. The monoisotopic (exact) mass is 201 g/mol. The number of hydrogen-bond acceptors (Lipinski definition) is 2. The molecular formula is C11H23NS. The molecule has 1 fully saturated rings. The van der Waals surface area contributed by atoms with Crippen LogP contribution < -0.4 is 5.32 Å². The SMILES string of the molecule is CC(C)NC(C)C1CCC(S)CC1. The lowest BCUT2D eigenvalue weighted by Crippen LogP contribution is -2.39. The van der Waals surface area contributed by atoms with Crippen molar-refractivity contribution < 1.29 is 0 Å². The van der Waals surface area contributed by atoms with Gasteiger partial charge in [0.05, 0.1) is 0 Å². The van der Waals surface area contributed by atoms with Gasteiger partial charge in [0.2, 0.25) is 0 Å². The Morgan fingerprint density at radius 1 is 1.08 bits per heavy atom. The minimum absolute atomic E-state index is 0.615. The van der Waals surface area contributed by atoms with E-state index in [4.69, 9.17) is 0 Å². The van der Waals surface area contributed by atoms with Crippen molar-refractivity contribution in [3.05, 3.63) is 0 Å². The van der Waals surface area contributed by atoms with Gasteiger partial charge in [0.15, 0.2) is 0 Å². The van der Waals surface area contributed by atoms with Gasteiger partial charge in [-0.05, 0) is 38.5 Å². The van der Waals surface area contributed by atoms with Crippen LogP contribution in [-0.4, -0.2) is 17.3 Å². The third-order valence-electron chi connectivity index (χ3n) is 3.04. The maximum absolute atomic E-state index is 4.52. The second-order valence-electron chi connectivity index (χ2n) is 4.68. The van der Waals surface area contributed by atoms with Crippen molar-refractivity contribution in [1.29, 1.82) is 0 Å². The summed E-state index contributed by atoms with van der Waals surface area (Å²) in [6.45, 7) is 6.77. The van der Waals surface area contributed by atoms with Crippen LogP contribution in [0.25, 0.3) is 0 Å². The maximum Gasteiger partial charge on any atom is 0.00693 e. The molecule has 0 heterocycles. The predicted molar refractivity (Wildman–Crippen MR) is 62.5 cm³/mol. The molecule has 0 aliphatic heterocycles. The van der Waals surface area contributed by atoms with Crippen LogP contribution >= 0.6 is 12.6 Å². The fourth-order valence-corrected chi connectivity index (χ4v) is 2.56. The van der Waals surface area contributed by atoms with E-state index in [2.05, 4.69) is 38.7 Å². The van der Waals surface area contributed by atoms with E-state index in [-0.39, 0.29) is 0 Å². The molecule has 0 bridgehead atoms. The first-order valence-electron chi connectivity index (χ1n) is 5.53. The van der Waals surface area contributed by atoms with Gasteiger partial charge in [0, 0.05) is 17.3 Å². The summed E-state index contributed by atoms with van der Waals surface area (Å²) >= 11 is 4.52. The fourth-order valence-electron chi connectivity index (χ4n) is 2.26. The molecule has 1 nitrogen and oxygen atoms in total. The molecule has 13 heavy (non-hydrogen) atoms. The van der Waals surface area contributed by atoms with Gasteiger partial charge >= 0.3 is 0 Å². The first kappa shape index (κ1) is 11.4. The highest BCUT2D eigenvalue weighted by Crippen LogP contribution is 2.29. The summed E-state index contributed by atoms with van der Waals surface area (Å²) in [5.41, 5.74) is 0. The molecule has 1 rings (SSSR count). The highest BCUT2D eigenvalue weighted by Gasteiger charge is 2.23. The van der Waals surface area contributed by atoms with E-state index in [0.717, 1.165) is 5.92 Å². The maximum atomic E-state index is 4.52. The van der Waals surface area contributed by atoms with Gasteiger partial charge in [0.25, 0.3) is 0 Å². The Hall–Kier alpha value is 0.310. The van der Waals surface area contributed by atoms with Gasteiger partial charge in [-0.15, -0.1) is 0 Å². The lowest BCUT2D eigenvalue weighted by atomic mass is 9.84. The Labute approximate surface area is 88.1 Å². The van der Waals surface area contributed by atoms with Crippen molar-refractivity contribution in [3.8, 4) is 0 Å². The molecule has 0 saturated heterocycles. The summed E-state index contributed by atoms with van der Waals surface area (Å²) in [5, 5.41) is 4.27. The van der Waals surface area contributed by atoms with Gasteiger partial charge in [0.1, 0.15) is 0 Å². The molecule has 0 radical (unpaired) electrons. The molecule has 0 aromatic carbocycles. The first-order chi connectivity index (χ1) is 6.09. The normalized spacial score (nSPS) is 32.1. The second-order valence-corrected chi connectivity index (χ2v) is 5.41. The average molecular weight is 201 g/mol. The molecule has 0 spiro atoms. The lowest BCUT2D eigenvalue weighted by Gasteiger charge is -2.32. The standard InChI is InChI=1S/C11H23NS/c1-8(2)12-9(3)10-4-6-11(13)7-5-10/h8-13H,4-7H2,1-3H3. The van der Waals surface area contributed by atoms with Crippen molar-refractivity contribution in [2.24, 2.45) is 5.92 Å². The van der Waals surface area contributed by atoms with Crippen molar-refractivity contribution >= 4 is 12.6 Å². The summed E-state index contributed by atoms with van der Waals surface area (Å²) in [6.07, 6.45) is 5.32. The van der Waals surface area contributed by atoms with Gasteiger partial charge in [-0.2, -0.15) is 12.6 Å². The molecule has 1 aliphatic carbocycles. The average Bonchev–Trinajstić information content (AvgIpc) is 2.04. The number of hydrogen-bond donors (Lipinski definition) is 2. The lowest BCUT2D eigenvalue weighted by molar-refractivity contribution is 0.275. The van der Waals surface area contributed by atoms with Crippen molar-refractivity contribution in [1.82, 2.24) is 5.32 Å². The van der Waals surface area contributed by atoms with E-state index in [1.807, 2.05) is 0 Å². The van der Waals surface area contributed by atoms with Crippen LogP contribution in [0, 0.1) is 5.92 Å². The Morgan fingerprint density at radius 3 is 2.08 bits per heavy atom. The molecule has 78 valence electrons. The summed E-state index contributed by atoms with van der Waals surface area (Å²) in [6, 6.07) is 1.30. The molecule has 1 N–H and O–H groups in total.